The first-order valence-corrected chi connectivity index (χ1v) is 12.1. The Morgan fingerprint density at radius 1 is 1.24 bits per heavy atom. The van der Waals surface area contributed by atoms with Gasteiger partial charge in [-0.1, -0.05) is 18.6 Å². The Kier molecular flexibility index (Phi) is 7.91. The molecule has 8 heteroatoms. The number of hydrogen-bond acceptors (Lipinski definition) is 4. The van der Waals surface area contributed by atoms with Crippen molar-refractivity contribution < 1.29 is 13.2 Å². The van der Waals surface area contributed by atoms with Crippen LogP contribution < -0.4 is 5.32 Å². The third-order valence-electron chi connectivity index (χ3n) is 5.54. The number of piperidine rings is 1. The van der Waals surface area contributed by atoms with E-state index in [0.29, 0.717) is 30.4 Å². The van der Waals surface area contributed by atoms with Gasteiger partial charge in [0.2, 0.25) is 10.0 Å². The first-order chi connectivity index (χ1) is 14.0. The molecule has 7 nitrogen and oxygen atoms in total. The van der Waals surface area contributed by atoms with Crippen LogP contribution in [-0.2, 0) is 21.3 Å². The predicted molar refractivity (Wildman–Crippen MR) is 115 cm³/mol. The van der Waals surface area contributed by atoms with Crippen LogP contribution >= 0.6 is 0 Å². The summed E-state index contributed by atoms with van der Waals surface area (Å²) in [5.41, 5.74) is 0.996. The molecule has 2 fully saturated rings. The summed E-state index contributed by atoms with van der Waals surface area (Å²) in [6.45, 7) is 7.20. The average molecular weight is 423 g/mol. The molecule has 2 aliphatic heterocycles. The Bertz CT molecular complexity index is 768. The topological polar surface area (TPSA) is 74.2 Å². The summed E-state index contributed by atoms with van der Waals surface area (Å²) in [7, 11) is -1.33. The molecular weight excluding hydrogens is 388 g/mol. The third-order valence-corrected chi connectivity index (χ3v) is 7.45. The van der Waals surface area contributed by atoms with E-state index in [1.807, 2.05) is 19.2 Å². The van der Waals surface area contributed by atoms with E-state index in [0.717, 1.165) is 63.5 Å². The number of hydrogen-bond donors (Lipinski definition) is 1. The summed E-state index contributed by atoms with van der Waals surface area (Å²) >= 11 is 0. The zero-order valence-electron chi connectivity index (χ0n) is 17.6. The Labute approximate surface area is 175 Å². The molecule has 1 aromatic rings. The highest BCUT2D eigenvalue weighted by Gasteiger charge is 2.25. The number of guanidine groups is 1. The summed E-state index contributed by atoms with van der Waals surface area (Å²) in [6.07, 6.45) is 4.09. The molecule has 2 aliphatic rings. The Hall–Kier alpha value is -1.64. The van der Waals surface area contributed by atoms with Crippen molar-refractivity contribution in [2.24, 2.45) is 10.9 Å². The van der Waals surface area contributed by atoms with Gasteiger partial charge in [-0.25, -0.2) is 13.4 Å². The van der Waals surface area contributed by atoms with Gasteiger partial charge in [0.15, 0.2) is 5.96 Å². The highest BCUT2D eigenvalue weighted by atomic mass is 32.2. The Balaban J connectivity index is 1.63. The van der Waals surface area contributed by atoms with Crippen molar-refractivity contribution in [2.45, 2.75) is 44.0 Å². The van der Waals surface area contributed by atoms with Crippen molar-refractivity contribution >= 4 is 16.0 Å². The number of nitrogens with one attached hydrogen (secondary N) is 1. The van der Waals surface area contributed by atoms with Crippen LogP contribution in [0.3, 0.4) is 0 Å². The first-order valence-electron chi connectivity index (χ1n) is 10.7. The number of rotatable bonds is 7. The predicted octanol–water partition coefficient (Wildman–Crippen LogP) is 2.29. The molecule has 1 atom stereocenters. The largest absolute Gasteiger partial charge is 0.381 e. The normalized spacial score (nSPS) is 21.3. The maximum atomic E-state index is 12.8. The van der Waals surface area contributed by atoms with E-state index in [1.165, 1.54) is 0 Å². The van der Waals surface area contributed by atoms with Crippen molar-refractivity contribution in [3.05, 3.63) is 29.8 Å². The van der Waals surface area contributed by atoms with Crippen molar-refractivity contribution in [1.82, 2.24) is 14.5 Å². The van der Waals surface area contributed by atoms with Gasteiger partial charge in [-0.3, -0.25) is 0 Å². The maximum absolute atomic E-state index is 12.8. The second kappa shape index (κ2) is 10.4. The Morgan fingerprint density at radius 2 is 1.97 bits per heavy atom. The fourth-order valence-corrected chi connectivity index (χ4v) is 5.38. The molecule has 0 spiro atoms. The molecule has 2 saturated heterocycles. The lowest BCUT2D eigenvalue weighted by Gasteiger charge is -2.26. The van der Waals surface area contributed by atoms with Crippen molar-refractivity contribution in [1.29, 1.82) is 0 Å². The van der Waals surface area contributed by atoms with Gasteiger partial charge in [0.25, 0.3) is 0 Å². The fourth-order valence-electron chi connectivity index (χ4n) is 3.86. The van der Waals surface area contributed by atoms with Crippen LogP contribution in [-0.4, -0.2) is 70.0 Å². The standard InChI is InChI=1S/C21H34N4O3S/c1-3-22-21(24(2)16-19-11-14-28-17-19)23-15-18-7-9-20(10-8-18)29(26,27)25-12-5-4-6-13-25/h7-10,19H,3-6,11-17H2,1-2H3,(H,22,23). The molecule has 162 valence electrons. The zero-order chi connectivity index (χ0) is 20.7. The monoisotopic (exact) mass is 422 g/mol. The lowest BCUT2D eigenvalue weighted by Crippen LogP contribution is -2.41. The van der Waals surface area contributed by atoms with Crippen LogP contribution in [0.15, 0.2) is 34.2 Å². The van der Waals surface area contributed by atoms with Gasteiger partial charge in [-0.2, -0.15) is 4.31 Å². The highest BCUT2D eigenvalue weighted by Crippen LogP contribution is 2.21. The summed E-state index contributed by atoms with van der Waals surface area (Å²) in [5.74, 6) is 1.41. The van der Waals surface area contributed by atoms with Crippen LogP contribution in [0.4, 0.5) is 0 Å². The second-order valence-corrected chi connectivity index (χ2v) is 9.83. The summed E-state index contributed by atoms with van der Waals surface area (Å²) in [5, 5.41) is 3.34. The van der Waals surface area contributed by atoms with Crippen molar-refractivity contribution in [3.63, 3.8) is 0 Å². The highest BCUT2D eigenvalue weighted by molar-refractivity contribution is 7.89. The minimum absolute atomic E-state index is 0.373. The van der Waals surface area contributed by atoms with E-state index < -0.39 is 10.0 Å². The van der Waals surface area contributed by atoms with E-state index in [1.54, 1.807) is 16.4 Å². The van der Waals surface area contributed by atoms with Gasteiger partial charge in [0.05, 0.1) is 18.0 Å². The number of ether oxygens (including phenoxy) is 1. The van der Waals surface area contributed by atoms with Gasteiger partial charge < -0.3 is 15.0 Å². The SMILES string of the molecule is CCNC(=NCc1ccc(S(=O)(=O)N2CCCCC2)cc1)N(C)CC1CCOC1. The molecule has 0 saturated carbocycles. The number of aliphatic imine (C=N–C) groups is 1. The van der Waals surface area contributed by atoms with E-state index in [-0.39, 0.29) is 0 Å². The number of benzene rings is 1. The van der Waals surface area contributed by atoms with Crippen molar-refractivity contribution in [2.75, 3.05) is 46.4 Å². The molecule has 1 N–H and O–H groups in total. The lowest BCUT2D eigenvalue weighted by molar-refractivity contribution is 0.181. The van der Waals surface area contributed by atoms with Gasteiger partial charge in [-0.15, -0.1) is 0 Å². The molecule has 0 amide bonds. The zero-order valence-corrected chi connectivity index (χ0v) is 18.5. The molecule has 0 radical (unpaired) electrons. The molecular formula is C21H34N4O3S. The van der Waals surface area contributed by atoms with Crippen LogP contribution in [0.25, 0.3) is 0 Å². The van der Waals surface area contributed by atoms with Gasteiger partial charge in [0.1, 0.15) is 0 Å². The van der Waals surface area contributed by atoms with Crippen LogP contribution in [0.5, 0.6) is 0 Å². The van der Waals surface area contributed by atoms with Crippen molar-refractivity contribution in [3.8, 4) is 0 Å². The quantitative estimate of drug-likeness (QED) is 0.539. The van der Waals surface area contributed by atoms with Crippen LogP contribution in [0.1, 0.15) is 38.2 Å². The molecule has 1 aromatic carbocycles. The minimum Gasteiger partial charge on any atom is -0.381 e. The smallest absolute Gasteiger partial charge is 0.243 e. The van der Waals surface area contributed by atoms with E-state index in [2.05, 4.69) is 17.1 Å². The number of sulfonamides is 1. The van der Waals surface area contributed by atoms with Crippen LogP contribution in [0, 0.1) is 5.92 Å². The molecule has 0 aromatic heterocycles. The van der Waals surface area contributed by atoms with E-state index in [4.69, 9.17) is 9.73 Å². The fraction of sp³-hybridized carbons (Fsp3) is 0.667. The van der Waals surface area contributed by atoms with Crippen LogP contribution in [0.2, 0.25) is 0 Å². The third kappa shape index (κ3) is 5.93. The Morgan fingerprint density at radius 3 is 2.59 bits per heavy atom. The van der Waals surface area contributed by atoms with E-state index >= 15 is 0 Å². The summed E-state index contributed by atoms with van der Waals surface area (Å²) in [4.78, 5) is 7.26. The molecule has 3 rings (SSSR count). The molecule has 1 unspecified atom stereocenters. The number of nitrogens with zero attached hydrogens (tertiary/aromatic N) is 3. The van der Waals surface area contributed by atoms with Gasteiger partial charge in [0, 0.05) is 45.8 Å². The molecule has 29 heavy (non-hydrogen) atoms. The van der Waals surface area contributed by atoms with Gasteiger partial charge in [-0.05, 0) is 43.9 Å². The summed E-state index contributed by atoms with van der Waals surface area (Å²) in [6, 6.07) is 7.16. The first kappa shape index (κ1) is 22.1. The van der Waals surface area contributed by atoms with Gasteiger partial charge >= 0.3 is 0 Å². The maximum Gasteiger partial charge on any atom is 0.243 e. The molecule has 2 heterocycles. The second-order valence-electron chi connectivity index (χ2n) is 7.89. The molecule has 0 aliphatic carbocycles. The average Bonchev–Trinajstić information content (AvgIpc) is 3.25. The lowest BCUT2D eigenvalue weighted by atomic mass is 10.1. The summed E-state index contributed by atoms with van der Waals surface area (Å²) < 4.78 is 32.6. The van der Waals surface area contributed by atoms with E-state index in [9.17, 15) is 8.42 Å². The molecule has 0 bridgehead atoms. The minimum atomic E-state index is -3.38.